The number of H-pyrrole nitrogens is 1. The zero-order valence-corrected chi connectivity index (χ0v) is 14.4. The number of pyridine rings is 1. The highest BCUT2D eigenvalue weighted by Crippen LogP contribution is 2.44. The molecule has 0 saturated carbocycles. The normalized spacial score (nSPS) is 15.8. The van der Waals surface area contributed by atoms with Crippen LogP contribution in [0.5, 0.6) is 0 Å². The Hall–Kier alpha value is -3.73. The number of nitrogens with zero attached hydrogens (tertiary/aromatic N) is 3. The van der Waals surface area contributed by atoms with Crippen LogP contribution in [0.3, 0.4) is 0 Å². The van der Waals surface area contributed by atoms with Crippen LogP contribution in [0.4, 0.5) is 5.82 Å². The molecule has 0 spiro atoms. The predicted molar refractivity (Wildman–Crippen MR) is 103 cm³/mol. The van der Waals surface area contributed by atoms with E-state index in [1.54, 1.807) is 11.1 Å². The molecule has 1 atom stereocenters. The van der Waals surface area contributed by atoms with Crippen molar-refractivity contribution in [3.63, 3.8) is 0 Å². The third kappa shape index (κ3) is 2.44. The first-order chi connectivity index (χ1) is 13.3. The lowest BCUT2D eigenvalue weighted by Gasteiger charge is -2.25. The minimum absolute atomic E-state index is 0.118. The van der Waals surface area contributed by atoms with E-state index in [2.05, 4.69) is 15.2 Å². The van der Waals surface area contributed by atoms with Crippen LogP contribution < -0.4 is 4.90 Å². The smallest absolute Gasteiger partial charge is 0.278 e. The van der Waals surface area contributed by atoms with Crippen LogP contribution in [-0.4, -0.2) is 21.1 Å². The van der Waals surface area contributed by atoms with E-state index in [9.17, 15) is 4.79 Å². The number of hydrogen-bond donors (Lipinski definition) is 1. The van der Waals surface area contributed by atoms with Gasteiger partial charge in [0.05, 0.1) is 11.7 Å². The van der Waals surface area contributed by atoms with Crippen LogP contribution in [-0.2, 0) is 0 Å². The number of carbonyl (C=O) groups excluding carboxylic acids is 1. The first kappa shape index (κ1) is 15.5. The lowest BCUT2D eigenvalue weighted by Crippen LogP contribution is -2.30. The molecule has 5 nitrogen and oxygen atoms in total. The Kier molecular flexibility index (Phi) is 3.57. The molecule has 0 aliphatic carbocycles. The molecule has 1 amide bonds. The van der Waals surface area contributed by atoms with Crippen molar-refractivity contribution in [2.75, 3.05) is 4.90 Å². The van der Waals surface area contributed by atoms with Crippen molar-refractivity contribution >= 4 is 11.7 Å². The molecule has 27 heavy (non-hydrogen) atoms. The number of aromatic amines is 1. The molecule has 1 N–H and O–H groups in total. The molecule has 5 rings (SSSR count). The van der Waals surface area contributed by atoms with E-state index in [4.69, 9.17) is 0 Å². The van der Waals surface area contributed by atoms with Crippen molar-refractivity contribution in [3.05, 3.63) is 102 Å². The maximum absolute atomic E-state index is 13.2. The maximum Gasteiger partial charge on any atom is 0.278 e. The minimum Gasteiger partial charge on any atom is -0.279 e. The average molecular weight is 352 g/mol. The zero-order valence-electron chi connectivity index (χ0n) is 14.4. The molecule has 0 fully saturated rings. The second-order valence-electron chi connectivity index (χ2n) is 6.40. The lowest BCUT2D eigenvalue weighted by molar-refractivity contribution is 0.0988. The van der Waals surface area contributed by atoms with E-state index in [-0.39, 0.29) is 11.9 Å². The molecule has 0 radical (unpaired) electrons. The Morgan fingerprint density at radius 2 is 1.56 bits per heavy atom. The first-order valence-corrected chi connectivity index (χ1v) is 8.78. The van der Waals surface area contributed by atoms with E-state index in [0.29, 0.717) is 11.5 Å². The Morgan fingerprint density at radius 1 is 0.852 bits per heavy atom. The highest BCUT2D eigenvalue weighted by Gasteiger charge is 2.43. The minimum atomic E-state index is -0.280. The maximum atomic E-state index is 13.2. The first-order valence-electron chi connectivity index (χ1n) is 8.78. The monoisotopic (exact) mass is 352 g/mol. The molecule has 3 heterocycles. The van der Waals surface area contributed by atoms with Crippen molar-refractivity contribution in [3.8, 4) is 11.3 Å². The molecule has 0 bridgehead atoms. The van der Waals surface area contributed by atoms with Gasteiger partial charge in [0, 0.05) is 17.3 Å². The van der Waals surface area contributed by atoms with Gasteiger partial charge in [-0.2, -0.15) is 5.10 Å². The summed E-state index contributed by atoms with van der Waals surface area (Å²) in [6.45, 7) is 0. The summed E-state index contributed by atoms with van der Waals surface area (Å²) in [5.74, 6) is 0.507. The van der Waals surface area contributed by atoms with Crippen molar-refractivity contribution in [1.82, 2.24) is 15.2 Å². The Bertz CT molecular complexity index is 1090. The number of fused-ring (bicyclic) bond motifs is 1. The fraction of sp³-hybridized carbons (Fsp3) is 0.0455. The summed E-state index contributed by atoms with van der Waals surface area (Å²) in [7, 11) is 0. The molecule has 5 heteroatoms. The molecule has 0 unspecified atom stereocenters. The van der Waals surface area contributed by atoms with Gasteiger partial charge in [0.1, 0.15) is 11.5 Å². The summed E-state index contributed by atoms with van der Waals surface area (Å²) in [6, 6.07) is 25.2. The zero-order chi connectivity index (χ0) is 18.2. The number of amides is 1. The number of benzene rings is 2. The van der Waals surface area contributed by atoms with E-state index in [1.165, 1.54) is 0 Å². The molecule has 0 saturated heterocycles. The van der Waals surface area contributed by atoms with Crippen LogP contribution in [0, 0.1) is 0 Å². The number of anilines is 1. The van der Waals surface area contributed by atoms with Crippen LogP contribution in [0.15, 0.2) is 85.1 Å². The molecule has 2 aromatic heterocycles. The van der Waals surface area contributed by atoms with Crippen LogP contribution in [0.25, 0.3) is 11.3 Å². The summed E-state index contributed by atoms with van der Waals surface area (Å²) >= 11 is 0. The average Bonchev–Trinajstić information content (AvgIpc) is 3.29. The number of rotatable bonds is 3. The summed E-state index contributed by atoms with van der Waals surface area (Å²) in [5.41, 5.74) is 4.21. The van der Waals surface area contributed by atoms with Gasteiger partial charge in [0.25, 0.3) is 5.91 Å². The van der Waals surface area contributed by atoms with Crippen LogP contribution in [0.2, 0.25) is 0 Å². The van der Waals surface area contributed by atoms with Gasteiger partial charge >= 0.3 is 0 Å². The fourth-order valence-electron chi connectivity index (χ4n) is 3.65. The predicted octanol–water partition coefficient (Wildman–Crippen LogP) is 4.22. The molecular weight excluding hydrogens is 336 g/mol. The third-order valence-corrected chi connectivity index (χ3v) is 4.83. The summed E-state index contributed by atoms with van der Waals surface area (Å²) in [4.78, 5) is 19.4. The van der Waals surface area contributed by atoms with Crippen molar-refractivity contribution in [2.24, 2.45) is 0 Å². The van der Waals surface area contributed by atoms with Gasteiger partial charge in [0.15, 0.2) is 0 Å². The Labute approximate surface area is 156 Å². The number of aromatic nitrogens is 3. The van der Waals surface area contributed by atoms with Crippen molar-refractivity contribution < 1.29 is 4.79 Å². The standard InChI is InChI=1S/C22H16N4O/c27-22-20-18(19(24-25-20)15-9-3-1-4-10-15)21(16-11-5-2-6-12-16)26(22)17-13-7-8-14-23-17/h1-14,21H,(H,24,25)/t21-/m0/s1. The Morgan fingerprint density at radius 3 is 2.26 bits per heavy atom. The van der Waals surface area contributed by atoms with E-state index in [0.717, 1.165) is 22.4 Å². The summed E-state index contributed by atoms with van der Waals surface area (Å²) in [5, 5.41) is 7.43. The van der Waals surface area contributed by atoms with E-state index >= 15 is 0 Å². The molecule has 1 aliphatic heterocycles. The second-order valence-corrected chi connectivity index (χ2v) is 6.40. The fourth-order valence-corrected chi connectivity index (χ4v) is 3.65. The van der Waals surface area contributed by atoms with Gasteiger partial charge in [-0.05, 0) is 17.7 Å². The highest BCUT2D eigenvalue weighted by atomic mass is 16.2. The summed E-state index contributed by atoms with van der Waals surface area (Å²) < 4.78 is 0. The van der Waals surface area contributed by atoms with E-state index < -0.39 is 0 Å². The largest absolute Gasteiger partial charge is 0.279 e. The number of carbonyl (C=O) groups is 1. The molecule has 130 valence electrons. The van der Waals surface area contributed by atoms with Gasteiger partial charge in [-0.1, -0.05) is 66.7 Å². The molecular formula is C22H16N4O. The van der Waals surface area contributed by atoms with Crippen molar-refractivity contribution in [1.29, 1.82) is 0 Å². The van der Waals surface area contributed by atoms with Gasteiger partial charge in [0.2, 0.25) is 0 Å². The SMILES string of the molecule is O=C1c2[nH]nc(-c3ccccc3)c2[C@H](c2ccccc2)N1c1ccccn1. The van der Waals surface area contributed by atoms with Crippen LogP contribution in [0.1, 0.15) is 27.7 Å². The highest BCUT2D eigenvalue weighted by molar-refractivity contribution is 6.11. The third-order valence-electron chi connectivity index (χ3n) is 4.83. The Balaban J connectivity index is 1.74. The lowest BCUT2D eigenvalue weighted by atomic mass is 9.96. The van der Waals surface area contributed by atoms with Crippen molar-refractivity contribution in [2.45, 2.75) is 6.04 Å². The molecule has 2 aromatic carbocycles. The van der Waals surface area contributed by atoms with Crippen LogP contribution >= 0.6 is 0 Å². The quantitative estimate of drug-likeness (QED) is 0.600. The number of hydrogen-bond acceptors (Lipinski definition) is 3. The molecule has 4 aromatic rings. The van der Waals surface area contributed by atoms with Gasteiger partial charge in [-0.25, -0.2) is 4.98 Å². The summed E-state index contributed by atoms with van der Waals surface area (Å²) in [6.07, 6.45) is 1.70. The van der Waals surface area contributed by atoms with Gasteiger partial charge in [-0.3, -0.25) is 14.8 Å². The van der Waals surface area contributed by atoms with Gasteiger partial charge < -0.3 is 0 Å². The van der Waals surface area contributed by atoms with E-state index in [1.807, 2.05) is 78.9 Å². The topological polar surface area (TPSA) is 61.9 Å². The molecule has 1 aliphatic rings. The second kappa shape index (κ2) is 6.21. The number of nitrogens with one attached hydrogen (secondary N) is 1. The van der Waals surface area contributed by atoms with Gasteiger partial charge in [-0.15, -0.1) is 0 Å².